The molecular weight excluding hydrogens is 200 g/mol. The largest absolute Gasteiger partial charge is 0.378 e. The first-order chi connectivity index (χ1) is 7.79. The van der Waals surface area contributed by atoms with E-state index in [4.69, 9.17) is 5.26 Å². The molecular formula is C12H18N4. The van der Waals surface area contributed by atoms with Gasteiger partial charge in [0.15, 0.2) is 0 Å². The first-order valence-corrected chi connectivity index (χ1v) is 5.94. The molecule has 1 saturated carbocycles. The number of hydrogen-bond acceptors (Lipinski definition) is 3. The lowest BCUT2D eigenvalue weighted by Gasteiger charge is -2.20. The minimum atomic E-state index is 0.141. The van der Waals surface area contributed by atoms with Crippen molar-refractivity contribution in [1.82, 2.24) is 9.78 Å². The number of nitrogens with zero attached hydrogens (tertiary/aromatic N) is 3. The number of aryl methyl sites for hydroxylation is 1. The highest BCUT2D eigenvalue weighted by Crippen LogP contribution is 2.25. The second kappa shape index (κ2) is 5.02. The maximum atomic E-state index is 9.16. The Morgan fingerprint density at radius 3 is 2.94 bits per heavy atom. The number of nitriles is 1. The molecule has 0 saturated heterocycles. The lowest BCUT2D eigenvalue weighted by atomic mass is 9.96. The molecule has 86 valence electrons. The summed E-state index contributed by atoms with van der Waals surface area (Å²) in [4.78, 5) is 0. The van der Waals surface area contributed by atoms with Crippen molar-refractivity contribution in [3.05, 3.63) is 12.4 Å². The summed E-state index contributed by atoms with van der Waals surface area (Å²) in [6.07, 6.45) is 9.54. The van der Waals surface area contributed by atoms with Crippen LogP contribution in [-0.4, -0.2) is 15.8 Å². The van der Waals surface area contributed by atoms with Crippen molar-refractivity contribution >= 4 is 5.69 Å². The van der Waals surface area contributed by atoms with Gasteiger partial charge in [0, 0.05) is 19.3 Å². The van der Waals surface area contributed by atoms with Gasteiger partial charge in [-0.2, -0.15) is 10.4 Å². The SMILES string of the molecule is Cn1cc(NC2CCCCCC2C#N)cn1. The van der Waals surface area contributed by atoms with Crippen molar-refractivity contribution in [2.45, 2.75) is 38.1 Å². The van der Waals surface area contributed by atoms with Crippen molar-refractivity contribution in [3.63, 3.8) is 0 Å². The van der Waals surface area contributed by atoms with E-state index in [-0.39, 0.29) is 12.0 Å². The van der Waals surface area contributed by atoms with Crippen LogP contribution in [0.25, 0.3) is 0 Å². The summed E-state index contributed by atoms with van der Waals surface area (Å²) >= 11 is 0. The van der Waals surface area contributed by atoms with Crippen molar-refractivity contribution in [1.29, 1.82) is 5.26 Å². The molecule has 1 aliphatic carbocycles. The Labute approximate surface area is 96.3 Å². The average molecular weight is 218 g/mol. The van der Waals surface area contributed by atoms with E-state index in [9.17, 15) is 0 Å². The minimum Gasteiger partial charge on any atom is -0.378 e. The van der Waals surface area contributed by atoms with E-state index in [1.807, 2.05) is 19.4 Å². The van der Waals surface area contributed by atoms with Gasteiger partial charge < -0.3 is 5.32 Å². The summed E-state index contributed by atoms with van der Waals surface area (Å²) in [6, 6.07) is 2.72. The van der Waals surface area contributed by atoms with E-state index in [2.05, 4.69) is 16.5 Å². The van der Waals surface area contributed by atoms with Crippen LogP contribution in [0.3, 0.4) is 0 Å². The topological polar surface area (TPSA) is 53.6 Å². The van der Waals surface area contributed by atoms with Crippen LogP contribution in [0, 0.1) is 17.2 Å². The Morgan fingerprint density at radius 1 is 1.44 bits per heavy atom. The monoisotopic (exact) mass is 218 g/mol. The molecule has 1 aromatic rings. The average Bonchev–Trinajstić information content (AvgIpc) is 2.56. The fourth-order valence-electron chi connectivity index (χ4n) is 2.34. The van der Waals surface area contributed by atoms with Gasteiger partial charge in [-0.25, -0.2) is 0 Å². The molecule has 0 aromatic carbocycles. The molecule has 1 N–H and O–H groups in total. The number of nitrogens with one attached hydrogen (secondary N) is 1. The van der Waals surface area contributed by atoms with E-state index in [1.54, 1.807) is 4.68 Å². The molecule has 4 heteroatoms. The van der Waals surface area contributed by atoms with Crippen LogP contribution in [0.1, 0.15) is 32.1 Å². The van der Waals surface area contributed by atoms with Gasteiger partial charge in [0.05, 0.1) is 23.9 Å². The lowest BCUT2D eigenvalue weighted by molar-refractivity contribution is 0.514. The van der Waals surface area contributed by atoms with Crippen LogP contribution in [0.5, 0.6) is 0 Å². The third-order valence-corrected chi connectivity index (χ3v) is 3.24. The summed E-state index contributed by atoms with van der Waals surface area (Å²) in [5, 5.41) is 16.7. The second-order valence-corrected chi connectivity index (χ2v) is 4.53. The summed E-state index contributed by atoms with van der Waals surface area (Å²) < 4.78 is 1.78. The molecule has 1 fully saturated rings. The second-order valence-electron chi connectivity index (χ2n) is 4.53. The van der Waals surface area contributed by atoms with Gasteiger partial charge in [0.25, 0.3) is 0 Å². The van der Waals surface area contributed by atoms with E-state index < -0.39 is 0 Å². The quantitative estimate of drug-likeness (QED) is 0.775. The van der Waals surface area contributed by atoms with Gasteiger partial charge in [-0.05, 0) is 12.8 Å². The molecule has 2 atom stereocenters. The first-order valence-electron chi connectivity index (χ1n) is 5.94. The summed E-state index contributed by atoms with van der Waals surface area (Å²) in [6.45, 7) is 0. The van der Waals surface area contributed by atoms with Gasteiger partial charge in [-0.1, -0.05) is 19.3 Å². The Kier molecular flexibility index (Phi) is 3.45. The molecule has 0 spiro atoms. The van der Waals surface area contributed by atoms with Crippen LogP contribution in [0.2, 0.25) is 0 Å². The number of anilines is 1. The molecule has 4 nitrogen and oxygen atoms in total. The smallest absolute Gasteiger partial charge is 0.0728 e. The van der Waals surface area contributed by atoms with E-state index in [0.717, 1.165) is 18.5 Å². The lowest BCUT2D eigenvalue weighted by Crippen LogP contribution is -2.27. The maximum absolute atomic E-state index is 9.16. The van der Waals surface area contributed by atoms with E-state index in [1.165, 1.54) is 19.3 Å². The number of aromatic nitrogens is 2. The van der Waals surface area contributed by atoms with E-state index in [0.29, 0.717) is 0 Å². The van der Waals surface area contributed by atoms with Crippen molar-refractivity contribution in [2.24, 2.45) is 13.0 Å². The third-order valence-electron chi connectivity index (χ3n) is 3.24. The van der Waals surface area contributed by atoms with Gasteiger partial charge in [0.2, 0.25) is 0 Å². The number of hydrogen-bond donors (Lipinski definition) is 1. The zero-order chi connectivity index (χ0) is 11.4. The fourth-order valence-corrected chi connectivity index (χ4v) is 2.34. The molecule has 1 heterocycles. The molecule has 2 unspecified atom stereocenters. The molecule has 16 heavy (non-hydrogen) atoms. The van der Waals surface area contributed by atoms with Crippen LogP contribution in [-0.2, 0) is 7.05 Å². The normalized spacial score (nSPS) is 25.8. The Balaban J connectivity index is 2.03. The zero-order valence-electron chi connectivity index (χ0n) is 9.69. The Morgan fingerprint density at radius 2 is 2.25 bits per heavy atom. The van der Waals surface area contributed by atoms with Gasteiger partial charge in [-0.3, -0.25) is 4.68 Å². The molecule has 0 aliphatic heterocycles. The van der Waals surface area contributed by atoms with Crippen molar-refractivity contribution < 1.29 is 0 Å². The highest BCUT2D eigenvalue weighted by Gasteiger charge is 2.23. The molecule has 1 aromatic heterocycles. The predicted octanol–water partition coefficient (Wildman–Crippen LogP) is 2.30. The van der Waals surface area contributed by atoms with Crippen LogP contribution in [0.4, 0.5) is 5.69 Å². The van der Waals surface area contributed by atoms with Crippen LogP contribution >= 0.6 is 0 Å². The highest BCUT2D eigenvalue weighted by molar-refractivity contribution is 5.39. The summed E-state index contributed by atoms with van der Waals surface area (Å²) in [5.41, 5.74) is 1.02. The third kappa shape index (κ3) is 2.54. The summed E-state index contributed by atoms with van der Waals surface area (Å²) in [7, 11) is 1.90. The van der Waals surface area contributed by atoms with Gasteiger partial charge in [0.1, 0.15) is 0 Å². The zero-order valence-corrected chi connectivity index (χ0v) is 9.69. The minimum absolute atomic E-state index is 0.141. The summed E-state index contributed by atoms with van der Waals surface area (Å²) in [5.74, 6) is 0.141. The first kappa shape index (κ1) is 11.0. The molecule has 0 radical (unpaired) electrons. The van der Waals surface area contributed by atoms with E-state index >= 15 is 0 Å². The Hall–Kier alpha value is -1.50. The molecule has 1 aliphatic rings. The van der Waals surface area contributed by atoms with Gasteiger partial charge >= 0.3 is 0 Å². The molecule has 2 rings (SSSR count). The highest BCUT2D eigenvalue weighted by atomic mass is 15.3. The van der Waals surface area contributed by atoms with Gasteiger partial charge in [-0.15, -0.1) is 0 Å². The predicted molar refractivity (Wildman–Crippen MR) is 62.8 cm³/mol. The van der Waals surface area contributed by atoms with Crippen molar-refractivity contribution in [3.8, 4) is 6.07 Å². The van der Waals surface area contributed by atoms with Crippen LogP contribution < -0.4 is 5.32 Å². The molecule has 0 bridgehead atoms. The molecule has 0 amide bonds. The fraction of sp³-hybridized carbons (Fsp3) is 0.667. The standard InChI is InChI=1S/C12H18N4/c1-16-9-11(8-14-16)15-12-6-4-2-3-5-10(12)7-13/h8-10,12,15H,2-6H2,1H3. The van der Waals surface area contributed by atoms with Crippen molar-refractivity contribution in [2.75, 3.05) is 5.32 Å². The maximum Gasteiger partial charge on any atom is 0.0728 e. The number of rotatable bonds is 2. The van der Waals surface area contributed by atoms with Crippen LogP contribution in [0.15, 0.2) is 12.4 Å². The Bertz CT molecular complexity index is 377.